The molecule has 104 valence electrons. The van der Waals surface area contributed by atoms with Gasteiger partial charge in [-0.15, -0.1) is 11.8 Å². The van der Waals surface area contributed by atoms with E-state index < -0.39 is 17.8 Å². The number of hydrogen-bond acceptors (Lipinski definition) is 3. The number of nitrogens with zero attached hydrogens (tertiary/aromatic N) is 1. The summed E-state index contributed by atoms with van der Waals surface area (Å²) < 4.78 is 39.1. The SMILES string of the molecule is CN(C)C(C(=O)C1CS1)c1ccccc1C(F)(F)F. The first-order valence-electron chi connectivity index (χ1n) is 5.80. The van der Waals surface area contributed by atoms with Crippen LogP contribution < -0.4 is 0 Å². The van der Waals surface area contributed by atoms with Crippen LogP contribution in [0.2, 0.25) is 0 Å². The highest BCUT2D eigenvalue weighted by atomic mass is 32.2. The van der Waals surface area contributed by atoms with Crippen molar-refractivity contribution >= 4 is 17.5 Å². The van der Waals surface area contributed by atoms with Gasteiger partial charge in [0.1, 0.15) is 0 Å². The van der Waals surface area contributed by atoms with Gasteiger partial charge in [-0.3, -0.25) is 9.69 Å². The molecule has 0 aromatic heterocycles. The van der Waals surface area contributed by atoms with E-state index in [1.54, 1.807) is 19.0 Å². The Bertz CT molecular complexity index is 483. The Morgan fingerprint density at radius 2 is 1.95 bits per heavy atom. The Morgan fingerprint density at radius 3 is 2.42 bits per heavy atom. The number of benzene rings is 1. The zero-order chi connectivity index (χ0) is 14.2. The summed E-state index contributed by atoms with van der Waals surface area (Å²) in [5.74, 6) is 0.559. The van der Waals surface area contributed by atoms with Crippen molar-refractivity contribution < 1.29 is 18.0 Å². The lowest BCUT2D eigenvalue weighted by Crippen LogP contribution is -2.32. The molecule has 1 aliphatic heterocycles. The van der Waals surface area contributed by atoms with Crippen LogP contribution in [-0.2, 0) is 11.0 Å². The number of carbonyl (C=O) groups excluding carboxylic acids is 1. The van der Waals surface area contributed by atoms with Gasteiger partial charge in [0.2, 0.25) is 0 Å². The number of thioether (sulfide) groups is 1. The lowest BCUT2D eigenvalue weighted by molar-refractivity contribution is -0.139. The molecule has 0 spiro atoms. The van der Waals surface area contributed by atoms with E-state index in [2.05, 4.69) is 0 Å². The summed E-state index contributed by atoms with van der Waals surface area (Å²) >= 11 is 1.47. The summed E-state index contributed by atoms with van der Waals surface area (Å²) in [5.41, 5.74) is -0.690. The van der Waals surface area contributed by atoms with E-state index in [0.717, 1.165) is 6.07 Å². The summed E-state index contributed by atoms with van der Waals surface area (Å²) in [7, 11) is 3.26. The van der Waals surface area contributed by atoms with Gasteiger partial charge < -0.3 is 0 Å². The van der Waals surface area contributed by atoms with Crippen LogP contribution in [0.25, 0.3) is 0 Å². The molecule has 2 nitrogen and oxygen atoms in total. The fourth-order valence-electron chi connectivity index (χ4n) is 2.07. The lowest BCUT2D eigenvalue weighted by atomic mass is 9.95. The van der Waals surface area contributed by atoms with Gasteiger partial charge in [-0.2, -0.15) is 13.2 Å². The molecule has 0 saturated carbocycles. The monoisotopic (exact) mass is 289 g/mol. The summed E-state index contributed by atoms with van der Waals surface area (Å²) in [6, 6.07) is 4.46. The third-order valence-corrected chi connectivity index (χ3v) is 3.90. The van der Waals surface area contributed by atoms with E-state index in [-0.39, 0.29) is 16.6 Å². The molecule has 0 N–H and O–H groups in total. The summed E-state index contributed by atoms with van der Waals surface area (Å²) in [6.07, 6.45) is -4.44. The summed E-state index contributed by atoms with van der Waals surface area (Å²) in [4.78, 5) is 13.7. The highest BCUT2D eigenvalue weighted by molar-refractivity contribution is 8.07. The number of rotatable bonds is 4. The Kier molecular flexibility index (Phi) is 3.92. The normalized spacial score (nSPS) is 20.4. The lowest BCUT2D eigenvalue weighted by Gasteiger charge is -2.26. The molecule has 0 amide bonds. The molecular weight excluding hydrogens is 275 g/mol. The molecule has 1 aromatic carbocycles. The molecule has 1 saturated heterocycles. The molecule has 0 bridgehead atoms. The first-order valence-corrected chi connectivity index (χ1v) is 6.85. The maximum absolute atomic E-state index is 13.0. The zero-order valence-electron chi connectivity index (χ0n) is 10.6. The molecule has 1 heterocycles. The molecule has 1 fully saturated rings. The second-order valence-electron chi connectivity index (χ2n) is 4.68. The minimum Gasteiger partial charge on any atom is -0.296 e. The van der Waals surface area contributed by atoms with Crippen LogP contribution in [0.1, 0.15) is 17.2 Å². The Balaban J connectivity index is 2.44. The first kappa shape index (κ1) is 14.4. The van der Waals surface area contributed by atoms with Crippen molar-refractivity contribution in [3.05, 3.63) is 35.4 Å². The van der Waals surface area contributed by atoms with Crippen LogP contribution in [0.4, 0.5) is 13.2 Å². The van der Waals surface area contributed by atoms with Gasteiger partial charge in [-0.1, -0.05) is 18.2 Å². The van der Waals surface area contributed by atoms with E-state index in [1.807, 2.05) is 0 Å². The minimum atomic E-state index is -4.44. The number of carbonyl (C=O) groups is 1. The van der Waals surface area contributed by atoms with Gasteiger partial charge in [0.05, 0.1) is 16.9 Å². The molecule has 6 heteroatoms. The van der Waals surface area contributed by atoms with E-state index >= 15 is 0 Å². The Morgan fingerprint density at radius 1 is 1.37 bits per heavy atom. The van der Waals surface area contributed by atoms with Crippen LogP contribution >= 0.6 is 11.8 Å². The number of likely N-dealkylation sites (N-methyl/N-ethyl adjacent to an activating group) is 1. The predicted molar refractivity (Wildman–Crippen MR) is 69.1 cm³/mol. The van der Waals surface area contributed by atoms with Crippen molar-refractivity contribution in [1.82, 2.24) is 4.90 Å². The van der Waals surface area contributed by atoms with Gasteiger partial charge in [0.25, 0.3) is 0 Å². The maximum Gasteiger partial charge on any atom is 0.416 e. The average molecular weight is 289 g/mol. The van der Waals surface area contributed by atoms with Crippen molar-refractivity contribution in [3.63, 3.8) is 0 Å². The highest BCUT2D eigenvalue weighted by Crippen LogP contribution is 2.40. The standard InChI is InChI=1S/C13H14F3NOS/c1-17(2)11(12(18)10-7-19-10)8-5-3-4-6-9(8)13(14,15)16/h3-6,10-11H,7H2,1-2H3. The number of alkyl halides is 3. The van der Waals surface area contributed by atoms with Crippen LogP contribution in [0, 0.1) is 0 Å². The molecule has 19 heavy (non-hydrogen) atoms. The van der Waals surface area contributed by atoms with Gasteiger partial charge in [-0.25, -0.2) is 0 Å². The minimum absolute atomic E-state index is 0.0394. The topological polar surface area (TPSA) is 20.3 Å². The van der Waals surface area contributed by atoms with Crippen LogP contribution in [0.3, 0.4) is 0 Å². The van der Waals surface area contributed by atoms with Gasteiger partial charge in [0, 0.05) is 5.75 Å². The van der Waals surface area contributed by atoms with Gasteiger partial charge in [-0.05, 0) is 25.7 Å². The van der Waals surface area contributed by atoms with Crippen LogP contribution in [-0.4, -0.2) is 35.8 Å². The van der Waals surface area contributed by atoms with Crippen molar-refractivity contribution in [3.8, 4) is 0 Å². The van der Waals surface area contributed by atoms with E-state index in [0.29, 0.717) is 5.75 Å². The predicted octanol–water partition coefficient (Wildman–Crippen LogP) is 2.99. The molecule has 0 radical (unpaired) electrons. The third kappa shape index (κ3) is 3.12. The number of halogens is 3. The van der Waals surface area contributed by atoms with Gasteiger partial charge in [0.15, 0.2) is 5.78 Å². The molecular formula is C13H14F3NOS. The average Bonchev–Trinajstić information content (AvgIpc) is 3.11. The smallest absolute Gasteiger partial charge is 0.296 e. The van der Waals surface area contributed by atoms with Crippen LogP contribution in [0.15, 0.2) is 24.3 Å². The Labute approximate surface area is 114 Å². The largest absolute Gasteiger partial charge is 0.416 e. The first-order chi connectivity index (χ1) is 8.82. The number of ketones is 1. The molecule has 2 unspecified atom stereocenters. The van der Waals surface area contributed by atoms with Gasteiger partial charge >= 0.3 is 6.18 Å². The third-order valence-electron chi connectivity index (χ3n) is 3.00. The number of Topliss-reactive ketones (excluding diaryl/α,β-unsaturated/α-hetero) is 1. The van der Waals surface area contributed by atoms with Crippen LogP contribution in [0.5, 0.6) is 0 Å². The fourth-order valence-corrected chi connectivity index (χ4v) is 2.62. The van der Waals surface area contributed by atoms with E-state index in [1.165, 1.54) is 30.0 Å². The van der Waals surface area contributed by atoms with E-state index in [4.69, 9.17) is 0 Å². The molecule has 0 aliphatic carbocycles. The number of hydrogen-bond donors (Lipinski definition) is 0. The maximum atomic E-state index is 13.0. The molecule has 1 aliphatic rings. The van der Waals surface area contributed by atoms with Crippen molar-refractivity contribution in [1.29, 1.82) is 0 Å². The second-order valence-corrected chi connectivity index (χ2v) is 5.91. The van der Waals surface area contributed by atoms with E-state index in [9.17, 15) is 18.0 Å². The van der Waals surface area contributed by atoms with Crippen molar-refractivity contribution in [2.45, 2.75) is 17.5 Å². The zero-order valence-corrected chi connectivity index (χ0v) is 11.4. The highest BCUT2D eigenvalue weighted by Gasteiger charge is 2.42. The summed E-state index contributed by atoms with van der Waals surface area (Å²) in [5, 5.41) is -0.159. The molecule has 2 rings (SSSR count). The Hall–Kier alpha value is -1.01. The second kappa shape index (κ2) is 5.17. The summed E-state index contributed by atoms with van der Waals surface area (Å²) in [6.45, 7) is 0. The molecule has 1 aromatic rings. The fraction of sp³-hybridized carbons (Fsp3) is 0.462. The van der Waals surface area contributed by atoms with Crippen molar-refractivity contribution in [2.24, 2.45) is 0 Å². The van der Waals surface area contributed by atoms with Crippen molar-refractivity contribution in [2.75, 3.05) is 19.8 Å². The molecule has 2 atom stereocenters. The quantitative estimate of drug-likeness (QED) is 0.795.